The van der Waals surface area contributed by atoms with Crippen molar-refractivity contribution in [3.63, 3.8) is 0 Å². The number of anilines is 1. The van der Waals surface area contributed by atoms with E-state index >= 15 is 0 Å². The number of aromatic nitrogens is 4. The van der Waals surface area contributed by atoms with Crippen molar-refractivity contribution in [3.8, 4) is 16.8 Å². The van der Waals surface area contributed by atoms with E-state index in [2.05, 4.69) is 15.3 Å². The highest BCUT2D eigenvalue weighted by Gasteiger charge is 2.15. The third-order valence-electron chi connectivity index (χ3n) is 5.03. The fraction of sp³-hybridized carbons (Fsp3) is 0.182. The lowest BCUT2D eigenvalue weighted by Crippen LogP contribution is -2.22. The van der Waals surface area contributed by atoms with Crippen LogP contribution in [0.15, 0.2) is 58.4 Å². The molecule has 7 nitrogen and oxygen atoms in total. The molecule has 30 heavy (non-hydrogen) atoms. The lowest BCUT2D eigenvalue weighted by Gasteiger charge is -2.13. The summed E-state index contributed by atoms with van der Waals surface area (Å²) in [5.41, 5.74) is 2.58. The molecule has 0 saturated carbocycles. The molecule has 0 fully saturated rings. The van der Waals surface area contributed by atoms with Crippen LogP contribution in [0.25, 0.3) is 27.8 Å². The number of rotatable bonds is 4. The van der Waals surface area contributed by atoms with Gasteiger partial charge in [-0.2, -0.15) is 4.98 Å². The molecule has 0 aliphatic heterocycles. The van der Waals surface area contributed by atoms with Gasteiger partial charge in [-0.1, -0.05) is 23.7 Å². The zero-order chi connectivity index (χ0) is 21.4. The summed E-state index contributed by atoms with van der Waals surface area (Å²) >= 11 is 6.57. The summed E-state index contributed by atoms with van der Waals surface area (Å²) in [6.07, 6.45) is 3.37. The Balaban J connectivity index is 1.90. The minimum atomic E-state index is -0.187. The van der Waals surface area contributed by atoms with E-state index in [9.17, 15) is 9.59 Å². The van der Waals surface area contributed by atoms with Crippen LogP contribution in [0.1, 0.15) is 12.5 Å². The van der Waals surface area contributed by atoms with Gasteiger partial charge in [0, 0.05) is 48.1 Å². The molecule has 1 N–H and O–H groups in total. The lowest BCUT2D eigenvalue weighted by molar-refractivity contribution is 0.750. The first-order valence-corrected chi connectivity index (χ1v) is 9.89. The van der Waals surface area contributed by atoms with Crippen LogP contribution in [-0.4, -0.2) is 26.1 Å². The third kappa shape index (κ3) is 3.27. The van der Waals surface area contributed by atoms with Crippen LogP contribution >= 0.6 is 11.6 Å². The van der Waals surface area contributed by atoms with Crippen LogP contribution in [0.4, 0.5) is 5.95 Å². The minimum absolute atomic E-state index is 0.113. The van der Waals surface area contributed by atoms with Crippen LogP contribution < -0.4 is 16.4 Å². The number of fused-ring (bicyclic) bond motifs is 1. The van der Waals surface area contributed by atoms with Gasteiger partial charge in [-0.25, -0.2) is 4.98 Å². The molecule has 0 saturated heterocycles. The smallest absolute Gasteiger partial charge is 0.260 e. The number of hydrogen-bond donors (Lipinski definition) is 1. The average molecular weight is 422 g/mol. The molecule has 8 heteroatoms. The van der Waals surface area contributed by atoms with Crippen molar-refractivity contribution in [2.45, 2.75) is 20.4 Å². The van der Waals surface area contributed by atoms with Crippen LogP contribution in [0.3, 0.4) is 0 Å². The van der Waals surface area contributed by atoms with Gasteiger partial charge in [0.05, 0.1) is 10.7 Å². The molecule has 0 bridgehead atoms. The summed E-state index contributed by atoms with van der Waals surface area (Å²) in [6, 6.07) is 10.6. The van der Waals surface area contributed by atoms with Gasteiger partial charge in [0.15, 0.2) is 0 Å². The van der Waals surface area contributed by atoms with Gasteiger partial charge in [0.2, 0.25) is 5.95 Å². The molecule has 152 valence electrons. The summed E-state index contributed by atoms with van der Waals surface area (Å²) in [4.78, 5) is 34.3. The standard InChI is InChI=1S/C22H20ClN5O2/c1-4-27-19-14(12-25-22(24-3)26-19)10-17(21(27)30)16-8-7-15(11-18(16)23)28-9-5-6-13(2)20(28)29/h5-12H,4H2,1-3H3,(H,24,25,26). The van der Waals surface area contributed by atoms with Gasteiger partial charge in [-0.3, -0.25) is 18.7 Å². The largest absolute Gasteiger partial charge is 0.357 e. The van der Waals surface area contributed by atoms with E-state index in [0.29, 0.717) is 45.5 Å². The monoisotopic (exact) mass is 421 g/mol. The van der Waals surface area contributed by atoms with Crippen molar-refractivity contribution >= 4 is 28.6 Å². The topological polar surface area (TPSA) is 81.8 Å². The highest BCUT2D eigenvalue weighted by atomic mass is 35.5. The number of nitrogens with one attached hydrogen (secondary N) is 1. The van der Waals surface area contributed by atoms with Crippen molar-refractivity contribution in [2.75, 3.05) is 12.4 Å². The first-order valence-electron chi connectivity index (χ1n) is 9.51. The number of halogens is 1. The summed E-state index contributed by atoms with van der Waals surface area (Å²) in [5, 5.41) is 4.01. The Morgan fingerprint density at radius 2 is 1.90 bits per heavy atom. The SMILES string of the molecule is CCn1c(=O)c(-c2ccc(-n3cccc(C)c3=O)cc2Cl)cc2cnc(NC)nc21. The van der Waals surface area contributed by atoms with Crippen LogP contribution in [0.5, 0.6) is 0 Å². The predicted molar refractivity (Wildman–Crippen MR) is 120 cm³/mol. The Morgan fingerprint density at radius 1 is 1.10 bits per heavy atom. The Bertz CT molecular complexity index is 1390. The molecule has 0 atom stereocenters. The fourth-order valence-electron chi connectivity index (χ4n) is 3.44. The van der Waals surface area contributed by atoms with E-state index in [1.54, 1.807) is 67.3 Å². The molecule has 1 aromatic carbocycles. The second-order valence-corrected chi connectivity index (χ2v) is 7.27. The molecule has 0 amide bonds. The third-order valence-corrected chi connectivity index (χ3v) is 5.34. The highest BCUT2D eigenvalue weighted by Crippen LogP contribution is 2.29. The number of aryl methyl sites for hydroxylation is 2. The van der Waals surface area contributed by atoms with Crippen molar-refractivity contribution in [2.24, 2.45) is 0 Å². The molecule has 0 spiro atoms. The normalized spacial score (nSPS) is 11.1. The van der Waals surface area contributed by atoms with E-state index in [1.165, 1.54) is 4.57 Å². The summed E-state index contributed by atoms with van der Waals surface area (Å²) in [7, 11) is 1.73. The van der Waals surface area contributed by atoms with E-state index in [0.717, 1.165) is 5.39 Å². The maximum Gasteiger partial charge on any atom is 0.260 e. The molecule has 3 aromatic heterocycles. The van der Waals surface area contributed by atoms with Crippen LogP contribution in [0.2, 0.25) is 5.02 Å². The molecular weight excluding hydrogens is 402 g/mol. The molecular formula is C22H20ClN5O2. The second kappa shape index (κ2) is 7.76. The van der Waals surface area contributed by atoms with Gasteiger partial charge in [0.1, 0.15) is 5.65 Å². The number of pyridine rings is 2. The Morgan fingerprint density at radius 3 is 2.60 bits per heavy atom. The summed E-state index contributed by atoms with van der Waals surface area (Å²) in [6.45, 7) is 4.11. The molecule has 4 rings (SSSR count). The number of nitrogens with zero attached hydrogens (tertiary/aromatic N) is 4. The molecule has 0 unspecified atom stereocenters. The molecule has 0 aliphatic carbocycles. The zero-order valence-corrected chi connectivity index (χ0v) is 17.6. The Kier molecular flexibility index (Phi) is 5.13. The molecule has 4 aromatic rings. The number of hydrogen-bond acceptors (Lipinski definition) is 5. The first kappa shape index (κ1) is 19.8. The van der Waals surface area contributed by atoms with Gasteiger partial charge in [-0.15, -0.1) is 0 Å². The van der Waals surface area contributed by atoms with E-state index < -0.39 is 0 Å². The van der Waals surface area contributed by atoms with E-state index in [-0.39, 0.29) is 11.1 Å². The van der Waals surface area contributed by atoms with Gasteiger partial charge in [0.25, 0.3) is 11.1 Å². The lowest BCUT2D eigenvalue weighted by atomic mass is 10.1. The first-order chi connectivity index (χ1) is 14.4. The Labute approximate surface area is 177 Å². The quantitative estimate of drug-likeness (QED) is 0.544. The molecule has 0 aliphatic rings. The van der Waals surface area contributed by atoms with Gasteiger partial charge in [-0.05, 0) is 38.1 Å². The fourth-order valence-corrected chi connectivity index (χ4v) is 3.72. The summed E-state index contributed by atoms with van der Waals surface area (Å²) < 4.78 is 3.13. The second-order valence-electron chi connectivity index (χ2n) is 6.86. The van der Waals surface area contributed by atoms with Crippen molar-refractivity contribution in [3.05, 3.63) is 80.1 Å². The van der Waals surface area contributed by atoms with Crippen molar-refractivity contribution < 1.29 is 0 Å². The number of benzene rings is 1. The van der Waals surface area contributed by atoms with Gasteiger partial charge < -0.3 is 5.32 Å². The Hall–Kier alpha value is -3.45. The van der Waals surface area contributed by atoms with Crippen molar-refractivity contribution in [1.82, 2.24) is 19.1 Å². The van der Waals surface area contributed by atoms with E-state index in [1.807, 2.05) is 6.92 Å². The van der Waals surface area contributed by atoms with E-state index in [4.69, 9.17) is 11.6 Å². The maximum absolute atomic E-state index is 13.2. The highest BCUT2D eigenvalue weighted by molar-refractivity contribution is 6.33. The maximum atomic E-state index is 13.2. The van der Waals surface area contributed by atoms with Crippen molar-refractivity contribution in [1.29, 1.82) is 0 Å². The minimum Gasteiger partial charge on any atom is -0.357 e. The average Bonchev–Trinajstić information content (AvgIpc) is 2.75. The molecule has 0 radical (unpaired) electrons. The van der Waals surface area contributed by atoms with Gasteiger partial charge >= 0.3 is 0 Å². The van der Waals surface area contributed by atoms with Crippen LogP contribution in [-0.2, 0) is 6.54 Å². The summed E-state index contributed by atoms with van der Waals surface area (Å²) in [5.74, 6) is 0.447. The van der Waals surface area contributed by atoms with Crippen LogP contribution in [0, 0.1) is 6.92 Å². The zero-order valence-electron chi connectivity index (χ0n) is 16.8. The molecule has 3 heterocycles. The predicted octanol–water partition coefficient (Wildman–Crippen LogP) is 3.63.